The Morgan fingerprint density at radius 3 is 1.84 bits per heavy atom. The Kier molecular flexibility index (Phi) is 11.3. The lowest BCUT2D eigenvalue weighted by Crippen LogP contribution is -2.67. The lowest BCUT2D eigenvalue weighted by molar-refractivity contribution is -0.336. The minimum absolute atomic E-state index is 0.0377. The van der Waals surface area contributed by atoms with Crippen LogP contribution in [-0.4, -0.2) is 135 Å². The number of carbonyl (C=O) groups is 1. The average Bonchev–Trinajstić information content (AvgIpc) is 3.67. The fourth-order valence-corrected chi connectivity index (χ4v) is 13.2. The molecule has 4 saturated heterocycles. The van der Waals surface area contributed by atoms with E-state index in [0.29, 0.717) is 31.8 Å². The van der Waals surface area contributed by atoms with E-state index in [1.165, 1.54) is 0 Å². The van der Waals surface area contributed by atoms with E-state index in [-0.39, 0.29) is 60.4 Å². The molecule has 0 aromatic carbocycles. The van der Waals surface area contributed by atoms with Gasteiger partial charge in [-0.05, 0) is 101 Å². The van der Waals surface area contributed by atoms with Crippen molar-refractivity contribution in [2.45, 2.75) is 203 Å². The first-order chi connectivity index (χ1) is 26.0. The van der Waals surface area contributed by atoms with Gasteiger partial charge in [0.15, 0.2) is 18.9 Å². The van der Waals surface area contributed by atoms with Crippen LogP contribution in [0.25, 0.3) is 0 Å². The molecular weight excluding hydrogens is 716 g/mol. The monoisotopic (exact) mass is 782 g/mol. The minimum atomic E-state index is -1.00. The number of aliphatic hydroxyl groups excluding tert-OH is 5. The third-order valence-corrected chi connectivity index (χ3v) is 16.3. The van der Waals surface area contributed by atoms with Crippen molar-refractivity contribution in [2.75, 3.05) is 6.61 Å². The highest BCUT2D eigenvalue weighted by Crippen LogP contribution is 2.70. The van der Waals surface area contributed by atoms with Gasteiger partial charge in [0.2, 0.25) is 0 Å². The van der Waals surface area contributed by atoms with Crippen LogP contribution in [0.15, 0.2) is 0 Å². The molecule has 4 saturated carbocycles. The van der Waals surface area contributed by atoms with E-state index in [4.69, 9.17) is 33.2 Å². The highest BCUT2D eigenvalue weighted by atomic mass is 16.7. The minimum Gasteiger partial charge on any atom is -0.465 e. The molecule has 314 valence electrons. The summed E-state index contributed by atoms with van der Waals surface area (Å²) in [6.07, 6.45) is -2.42. The quantitative estimate of drug-likeness (QED) is 0.162. The van der Waals surface area contributed by atoms with Gasteiger partial charge in [0, 0.05) is 30.6 Å². The molecular formula is C41H66O14. The molecule has 8 fully saturated rings. The van der Waals surface area contributed by atoms with E-state index in [1.54, 1.807) is 13.8 Å². The summed E-state index contributed by atoms with van der Waals surface area (Å²) in [5.41, 5.74) is -1.67. The number of carbonyl (C=O) groups excluding carboxylic acids is 1. The van der Waals surface area contributed by atoms with Crippen LogP contribution < -0.4 is 0 Å². The average molecular weight is 783 g/mol. The zero-order valence-electron chi connectivity index (χ0n) is 33.1. The molecule has 0 amide bonds. The Labute approximate surface area is 324 Å². The molecule has 14 nitrogen and oxygen atoms in total. The topological polar surface area (TPSA) is 203 Å². The number of hydrogen-bond acceptors (Lipinski definition) is 14. The molecule has 14 heteroatoms. The smallest absolute Gasteiger partial charge is 0.306 e. The van der Waals surface area contributed by atoms with E-state index < -0.39 is 90.9 Å². The van der Waals surface area contributed by atoms with Gasteiger partial charge in [0.1, 0.15) is 18.3 Å². The van der Waals surface area contributed by atoms with Crippen molar-refractivity contribution < 1.29 is 68.6 Å². The van der Waals surface area contributed by atoms with Crippen LogP contribution in [0.5, 0.6) is 0 Å². The van der Waals surface area contributed by atoms with Gasteiger partial charge in [-0.15, -0.1) is 0 Å². The first-order valence-corrected chi connectivity index (χ1v) is 21.2. The van der Waals surface area contributed by atoms with Gasteiger partial charge >= 0.3 is 5.97 Å². The molecule has 55 heavy (non-hydrogen) atoms. The molecule has 8 aliphatic rings. The molecule has 2 unspecified atom stereocenters. The van der Waals surface area contributed by atoms with Gasteiger partial charge < -0.3 is 63.8 Å². The molecule has 22 atom stereocenters. The van der Waals surface area contributed by atoms with E-state index in [0.717, 1.165) is 38.5 Å². The second-order valence-electron chi connectivity index (χ2n) is 19.2. The second-order valence-corrected chi connectivity index (χ2v) is 19.2. The van der Waals surface area contributed by atoms with Gasteiger partial charge in [0.25, 0.3) is 0 Å². The molecule has 0 spiro atoms. The summed E-state index contributed by atoms with van der Waals surface area (Å²) < 4.78 is 42.2. The first-order valence-electron chi connectivity index (χ1n) is 21.2. The molecule has 4 heterocycles. The molecule has 4 aliphatic heterocycles. The second kappa shape index (κ2) is 15.2. The van der Waals surface area contributed by atoms with Crippen LogP contribution in [0.4, 0.5) is 0 Å². The Morgan fingerprint density at radius 1 is 0.655 bits per heavy atom. The van der Waals surface area contributed by atoms with Crippen molar-refractivity contribution in [1.82, 2.24) is 0 Å². The molecule has 0 radical (unpaired) electrons. The van der Waals surface area contributed by atoms with E-state index >= 15 is 0 Å². The van der Waals surface area contributed by atoms with Gasteiger partial charge in [-0.25, -0.2) is 0 Å². The number of cyclic esters (lactones) is 1. The molecule has 0 aromatic heterocycles. The summed E-state index contributed by atoms with van der Waals surface area (Å²) in [5.74, 6) is 0.612. The standard InChI is InChI=1S/C41H66O14/c1-19-36(47)28(42)15-34(50-19)54-38-21(3)52-35(17-30(38)44)55-37-20(2)51-33(16-29(37)43)53-24-8-10-39(4)23(13-24)6-7-26-27(39)14-31(45)40(5)25(9-11-41(26,40)48)22-12-32(46)49-18-22/h19-31,33-38,42-45,47-48H,6-18H2,1-5H3/t19-,20-,21-,22?,23-,24+,25?,26-,27+,28+,29+,30+,31-,33+,34+,35+,36-,37-,38-,39+,40+,41+/m1/s1. The molecule has 6 N–H and O–H groups in total. The van der Waals surface area contributed by atoms with Crippen molar-refractivity contribution >= 4 is 5.97 Å². The summed E-state index contributed by atoms with van der Waals surface area (Å²) in [4.78, 5) is 12.0. The SMILES string of the molecule is C[C@H]1O[C@@H](O[C@H]2[C@@H](O)C[C@H](O[C@H]3[C@@H](O)C[C@H](O[C@H]4CC[C@@]5(C)[C@H](CC[C@@H]6[C@@H]5C[C@@H](O)[C@]5(C)C(C7COC(=O)C7)CC[C@]65O)C4)O[C@@H]3C)O[C@@H]2C)C[C@H](O)[C@@H]1O. The lowest BCUT2D eigenvalue weighted by atomic mass is 9.42. The summed E-state index contributed by atoms with van der Waals surface area (Å²) in [6.45, 7) is 10.1. The predicted molar refractivity (Wildman–Crippen MR) is 193 cm³/mol. The summed E-state index contributed by atoms with van der Waals surface area (Å²) in [7, 11) is 0. The largest absolute Gasteiger partial charge is 0.465 e. The number of hydrogen-bond donors (Lipinski definition) is 6. The highest BCUT2D eigenvalue weighted by Gasteiger charge is 2.71. The summed E-state index contributed by atoms with van der Waals surface area (Å²) >= 11 is 0. The van der Waals surface area contributed by atoms with Crippen LogP contribution in [-0.2, 0) is 38.0 Å². The number of rotatable bonds is 7. The number of esters is 1. The number of ether oxygens (including phenoxy) is 7. The third-order valence-electron chi connectivity index (χ3n) is 16.3. The summed E-state index contributed by atoms with van der Waals surface area (Å²) in [6, 6.07) is 0. The van der Waals surface area contributed by atoms with Crippen LogP contribution >= 0.6 is 0 Å². The number of fused-ring (bicyclic) bond motifs is 5. The Bertz CT molecular complexity index is 1350. The zero-order valence-corrected chi connectivity index (χ0v) is 33.1. The predicted octanol–water partition coefficient (Wildman–Crippen LogP) is 2.30. The van der Waals surface area contributed by atoms with Gasteiger partial charge in [-0.2, -0.15) is 0 Å². The molecule has 8 rings (SSSR count). The maximum atomic E-state index is 12.6. The van der Waals surface area contributed by atoms with Crippen LogP contribution in [0, 0.1) is 40.4 Å². The van der Waals surface area contributed by atoms with Crippen LogP contribution in [0.1, 0.15) is 112 Å². The Morgan fingerprint density at radius 2 is 1.25 bits per heavy atom. The highest BCUT2D eigenvalue weighted by molar-refractivity contribution is 5.71. The van der Waals surface area contributed by atoms with Gasteiger partial charge in [-0.1, -0.05) is 13.8 Å². The van der Waals surface area contributed by atoms with Crippen LogP contribution in [0.3, 0.4) is 0 Å². The normalized spacial score (nSPS) is 57.0. The molecule has 0 aromatic rings. The first kappa shape index (κ1) is 40.8. The maximum Gasteiger partial charge on any atom is 0.306 e. The fraction of sp³-hybridized carbons (Fsp3) is 0.976. The zero-order chi connectivity index (χ0) is 39.2. The van der Waals surface area contributed by atoms with Crippen molar-refractivity contribution in [2.24, 2.45) is 40.4 Å². The third kappa shape index (κ3) is 7.03. The van der Waals surface area contributed by atoms with Crippen molar-refractivity contribution in [3.05, 3.63) is 0 Å². The lowest BCUT2D eigenvalue weighted by Gasteiger charge is -2.65. The van der Waals surface area contributed by atoms with E-state index in [9.17, 15) is 35.4 Å². The van der Waals surface area contributed by atoms with Gasteiger partial charge in [-0.3, -0.25) is 4.79 Å². The van der Waals surface area contributed by atoms with E-state index in [1.807, 2.05) is 6.92 Å². The Hall–Kier alpha value is -1.01. The van der Waals surface area contributed by atoms with E-state index in [2.05, 4.69) is 13.8 Å². The fourth-order valence-electron chi connectivity index (χ4n) is 13.2. The molecule has 0 bridgehead atoms. The number of aliphatic hydroxyl groups is 6. The van der Waals surface area contributed by atoms with Crippen molar-refractivity contribution in [3.8, 4) is 0 Å². The van der Waals surface area contributed by atoms with Crippen molar-refractivity contribution in [1.29, 1.82) is 0 Å². The molecule has 4 aliphatic carbocycles. The maximum absolute atomic E-state index is 12.6. The van der Waals surface area contributed by atoms with Gasteiger partial charge in [0.05, 0.1) is 67.5 Å². The summed E-state index contributed by atoms with van der Waals surface area (Å²) in [5, 5.41) is 66.9. The van der Waals surface area contributed by atoms with Crippen molar-refractivity contribution in [3.63, 3.8) is 0 Å². The Balaban J connectivity index is 0.834. The van der Waals surface area contributed by atoms with Crippen LogP contribution in [0.2, 0.25) is 0 Å².